The van der Waals surface area contributed by atoms with Crippen LogP contribution in [0.3, 0.4) is 0 Å². The molecule has 0 saturated carbocycles. The number of ether oxygens (including phenoxy) is 2. The zero-order chi connectivity index (χ0) is 19.6. The number of carbonyl (C=O) groups excluding carboxylic acids is 1. The van der Waals surface area contributed by atoms with E-state index in [0.29, 0.717) is 18.2 Å². The first-order valence-corrected chi connectivity index (χ1v) is 10.5. The lowest BCUT2D eigenvalue weighted by Crippen LogP contribution is -3.13. The monoisotopic (exact) mass is 413 g/mol. The van der Waals surface area contributed by atoms with Crippen molar-refractivity contribution in [2.75, 3.05) is 38.7 Å². The summed E-state index contributed by atoms with van der Waals surface area (Å²) in [6.07, 6.45) is 3.07. The van der Waals surface area contributed by atoms with E-state index in [0.717, 1.165) is 54.8 Å². The van der Waals surface area contributed by atoms with Crippen molar-refractivity contribution in [2.24, 2.45) is 0 Å². The SMILES string of the molecule is O=C(CSc1ncnc2nc[nH]c12)N1CC[NH+](Cc2ccc3c(c2)OCO3)CC1. The normalized spacial score (nSPS) is 16.5. The van der Waals surface area contributed by atoms with Gasteiger partial charge in [0.05, 0.1) is 38.3 Å². The number of thioether (sulfide) groups is 1. The highest BCUT2D eigenvalue weighted by Crippen LogP contribution is 2.32. The standard InChI is InChI=1S/C19H20N6O3S/c26-16(9-29-19-17-18(21-10-20-17)22-11-23-19)25-5-3-24(4-6-25)8-13-1-2-14-15(7-13)28-12-27-14/h1-2,7,10-11H,3-6,8-9,12H2,(H,20,21,22,23)/p+1. The molecule has 5 rings (SSSR count). The molecule has 150 valence electrons. The molecule has 2 N–H and O–H groups in total. The van der Waals surface area contributed by atoms with Crippen LogP contribution in [0, 0.1) is 0 Å². The molecule has 0 aliphatic carbocycles. The summed E-state index contributed by atoms with van der Waals surface area (Å²) in [5.41, 5.74) is 2.63. The molecule has 0 unspecified atom stereocenters. The molecule has 0 atom stereocenters. The van der Waals surface area contributed by atoms with Crippen molar-refractivity contribution < 1.29 is 19.2 Å². The Morgan fingerprint density at radius 2 is 2.03 bits per heavy atom. The fourth-order valence-electron chi connectivity index (χ4n) is 3.66. The van der Waals surface area contributed by atoms with Gasteiger partial charge < -0.3 is 24.3 Å². The highest BCUT2D eigenvalue weighted by atomic mass is 32.2. The number of nitrogens with zero attached hydrogens (tertiary/aromatic N) is 4. The van der Waals surface area contributed by atoms with Crippen LogP contribution in [-0.4, -0.2) is 69.5 Å². The summed E-state index contributed by atoms with van der Waals surface area (Å²) in [6.45, 7) is 4.62. The Bertz CT molecular complexity index is 1030. The number of quaternary nitrogens is 1. The minimum absolute atomic E-state index is 0.142. The number of aromatic nitrogens is 4. The molecular formula is C19H21N6O3S+. The summed E-state index contributed by atoms with van der Waals surface area (Å²) in [7, 11) is 0. The molecule has 1 aromatic carbocycles. The summed E-state index contributed by atoms with van der Waals surface area (Å²) in [6, 6.07) is 6.12. The molecule has 29 heavy (non-hydrogen) atoms. The number of H-pyrrole nitrogens is 1. The van der Waals surface area contributed by atoms with Gasteiger partial charge in [0, 0.05) is 5.56 Å². The van der Waals surface area contributed by atoms with Crippen LogP contribution in [0.25, 0.3) is 11.2 Å². The number of rotatable bonds is 5. The lowest BCUT2D eigenvalue weighted by Gasteiger charge is -2.32. The lowest BCUT2D eigenvalue weighted by atomic mass is 10.1. The third kappa shape index (κ3) is 3.85. The molecule has 1 saturated heterocycles. The van der Waals surface area contributed by atoms with Gasteiger partial charge in [0.2, 0.25) is 12.7 Å². The van der Waals surface area contributed by atoms with Gasteiger partial charge in [-0.15, -0.1) is 0 Å². The van der Waals surface area contributed by atoms with Crippen LogP contribution in [-0.2, 0) is 11.3 Å². The second kappa shape index (κ2) is 7.88. The Hall–Kier alpha value is -2.85. The molecule has 9 nitrogen and oxygen atoms in total. The van der Waals surface area contributed by atoms with Crippen molar-refractivity contribution in [3.63, 3.8) is 0 Å². The Labute approximate surface area is 171 Å². The van der Waals surface area contributed by atoms with Crippen molar-refractivity contribution in [1.82, 2.24) is 24.8 Å². The molecule has 4 heterocycles. The van der Waals surface area contributed by atoms with Gasteiger partial charge in [-0.25, -0.2) is 15.0 Å². The predicted molar refractivity (Wildman–Crippen MR) is 106 cm³/mol. The van der Waals surface area contributed by atoms with Crippen LogP contribution in [0.15, 0.2) is 35.9 Å². The van der Waals surface area contributed by atoms with E-state index in [4.69, 9.17) is 9.47 Å². The average molecular weight is 413 g/mol. The van der Waals surface area contributed by atoms with Crippen LogP contribution in [0.1, 0.15) is 5.56 Å². The van der Waals surface area contributed by atoms with Gasteiger partial charge in [-0.2, -0.15) is 0 Å². The molecule has 10 heteroatoms. The smallest absolute Gasteiger partial charge is 0.233 e. The van der Waals surface area contributed by atoms with Gasteiger partial charge >= 0.3 is 0 Å². The summed E-state index contributed by atoms with van der Waals surface area (Å²) < 4.78 is 10.8. The van der Waals surface area contributed by atoms with E-state index >= 15 is 0 Å². The number of imidazole rings is 1. The zero-order valence-corrected chi connectivity index (χ0v) is 16.6. The molecular weight excluding hydrogens is 392 g/mol. The van der Waals surface area contributed by atoms with Crippen molar-refractivity contribution in [1.29, 1.82) is 0 Å². The van der Waals surface area contributed by atoms with Crippen LogP contribution in [0.5, 0.6) is 11.5 Å². The number of carbonyl (C=O) groups is 1. The Morgan fingerprint density at radius 3 is 2.93 bits per heavy atom. The van der Waals surface area contributed by atoms with Gasteiger partial charge in [-0.05, 0) is 18.2 Å². The second-order valence-corrected chi connectivity index (χ2v) is 8.03. The highest BCUT2D eigenvalue weighted by molar-refractivity contribution is 8.00. The molecule has 2 aliphatic heterocycles. The molecule has 0 bridgehead atoms. The maximum absolute atomic E-state index is 12.6. The fraction of sp³-hybridized carbons (Fsp3) is 0.368. The number of hydrogen-bond donors (Lipinski definition) is 2. The Balaban J connectivity index is 1.12. The molecule has 2 aliphatic rings. The lowest BCUT2D eigenvalue weighted by molar-refractivity contribution is -0.917. The third-order valence-corrected chi connectivity index (χ3v) is 6.21. The fourth-order valence-corrected chi connectivity index (χ4v) is 4.52. The van der Waals surface area contributed by atoms with Crippen molar-refractivity contribution in [3.8, 4) is 11.5 Å². The van der Waals surface area contributed by atoms with Crippen molar-refractivity contribution >= 4 is 28.8 Å². The first-order chi connectivity index (χ1) is 14.3. The summed E-state index contributed by atoms with van der Waals surface area (Å²) in [4.78, 5) is 31.6. The van der Waals surface area contributed by atoms with E-state index in [1.165, 1.54) is 28.6 Å². The Morgan fingerprint density at radius 1 is 1.17 bits per heavy atom. The number of nitrogens with one attached hydrogen (secondary N) is 2. The minimum Gasteiger partial charge on any atom is -0.454 e. The van der Waals surface area contributed by atoms with Gasteiger partial charge in [0.1, 0.15) is 23.4 Å². The van der Waals surface area contributed by atoms with Crippen LogP contribution in [0.4, 0.5) is 0 Å². The molecule has 0 radical (unpaired) electrons. The van der Waals surface area contributed by atoms with Gasteiger partial charge in [-0.3, -0.25) is 4.79 Å². The predicted octanol–water partition coefficient (Wildman–Crippen LogP) is 0.101. The number of amides is 1. The van der Waals surface area contributed by atoms with Gasteiger partial charge in [0.25, 0.3) is 0 Å². The number of benzene rings is 1. The van der Waals surface area contributed by atoms with Crippen LogP contribution < -0.4 is 14.4 Å². The summed E-state index contributed by atoms with van der Waals surface area (Å²) >= 11 is 1.42. The van der Waals surface area contributed by atoms with E-state index in [9.17, 15) is 4.79 Å². The maximum atomic E-state index is 12.6. The number of hydrogen-bond acceptors (Lipinski definition) is 7. The van der Waals surface area contributed by atoms with E-state index in [-0.39, 0.29) is 5.91 Å². The summed E-state index contributed by atoms with van der Waals surface area (Å²) in [5.74, 6) is 2.14. The minimum atomic E-state index is 0.142. The van der Waals surface area contributed by atoms with Crippen LogP contribution in [0.2, 0.25) is 0 Å². The average Bonchev–Trinajstić information content (AvgIpc) is 3.41. The first-order valence-electron chi connectivity index (χ1n) is 9.53. The van der Waals surface area contributed by atoms with Gasteiger partial charge in [-0.1, -0.05) is 11.8 Å². The number of fused-ring (bicyclic) bond motifs is 2. The second-order valence-electron chi connectivity index (χ2n) is 7.06. The van der Waals surface area contributed by atoms with Crippen LogP contribution >= 0.6 is 11.8 Å². The first kappa shape index (κ1) is 18.2. The molecule has 1 amide bonds. The number of aromatic amines is 1. The maximum Gasteiger partial charge on any atom is 0.233 e. The third-order valence-electron chi connectivity index (χ3n) is 5.23. The highest BCUT2D eigenvalue weighted by Gasteiger charge is 2.25. The van der Waals surface area contributed by atoms with Gasteiger partial charge in [0.15, 0.2) is 17.1 Å². The van der Waals surface area contributed by atoms with E-state index in [1.807, 2.05) is 11.0 Å². The quantitative estimate of drug-likeness (QED) is 0.452. The summed E-state index contributed by atoms with van der Waals surface area (Å²) in [5, 5.41) is 0.757. The molecule has 2 aromatic heterocycles. The topological polar surface area (TPSA) is 97.7 Å². The molecule has 0 spiro atoms. The van der Waals surface area contributed by atoms with Crippen molar-refractivity contribution in [3.05, 3.63) is 36.4 Å². The molecule has 3 aromatic rings. The number of piperazine rings is 1. The van der Waals surface area contributed by atoms with Crippen molar-refractivity contribution in [2.45, 2.75) is 11.6 Å². The Kier molecular flexibility index (Phi) is 4.94. The zero-order valence-electron chi connectivity index (χ0n) is 15.8. The van der Waals surface area contributed by atoms with E-state index < -0.39 is 0 Å². The van der Waals surface area contributed by atoms with E-state index in [1.54, 1.807) is 6.33 Å². The largest absolute Gasteiger partial charge is 0.454 e. The molecule has 1 fully saturated rings. The van der Waals surface area contributed by atoms with E-state index in [2.05, 4.69) is 32.1 Å².